The molecule has 0 fully saturated rings. The molecule has 3 heteroatoms. The summed E-state index contributed by atoms with van der Waals surface area (Å²) in [5.74, 6) is 0.271. The Hall–Kier alpha value is -1.51. The first-order valence-electron chi connectivity index (χ1n) is 4.65. The van der Waals surface area contributed by atoms with Crippen LogP contribution in [-0.4, -0.2) is 29.5 Å². The van der Waals surface area contributed by atoms with Gasteiger partial charge < -0.3 is 10.0 Å². The topological polar surface area (TPSA) is 40.5 Å². The van der Waals surface area contributed by atoms with Crippen molar-refractivity contribution in [2.24, 2.45) is 0 Å². The maximum atomic E-state index is 11.5. The lowest BCUT2D eigenvalue weighted by Crippen LogP contribution is -2.27. The Morgan fingerprint density at radius 3 is 2.79 bits per heavy atom. The van der Waals surface area contributed by atoms with Crippen molar-refractivity contribution in [1.82, 2.24) is 4.90 Å². The zero-order chi connectivity index (χ0) is 10.6. The van der Waals surface area contributed by atoms with Gasteiger partial charge in [-0.15, -0.1) is 0 Å². The third kappa shape index (κ3) is 2.76. The molecule has 0 spiro atoms. The average Bonchev–Trinajstić information content (AvgIpc) is 2.16. The molecule has 0 unspecified atom stereocenters. The van der Waals surface area contributed by atoms with Crippen molar-refractivity contribution in [1.29, 1.82) is 0 Å². The quantitative estimate of drug-likeness (QED) is 0.788. The Kier molecular flexibility index (Phi) is 3.51. The molecule has 0 aliphatic rings. The minimum absolute atomic E-state index is 0.0677. The monoisotopic (exact) mass is 193 g/mol. The summed E-state index contributed by atoms with van der Waals surface area (Å²) in [6.07, 6.45) is 0.346. The van der Waals surface area contributed by atoms with E-state index < -0.39 is 0 Å². The number of carbonyl (C=O) groups is 1. The van der Waals surface area contributed by atoms with Crippen molar-refractivity contribution in [3.05, 3.63) is 29.8 Å². The first-order chi connectivity index (χ1) is 6.63. The molecule has 1 aromatic rings. The minimum atomic E-state index is 0.0677. The van der Waals surface area contributed by atoms with Gasteiger partial charge in [0.1, 0.15) is 5.75 Å². The Morgan fingerprint density at radius 2 is 2.21 bits per heavy atom. The zero-order valence-electron chi connectivity index (χ0n) is 8.53. The number of aromatic hydroxyl groups is 1. The van der Waals surface area contributed by atoms with Crippen LogP contribution < -0.4 is 0 Å². The van der Waals surface area contributed by atoms with Gasteiger partial charge in [-0.1, -0.05) is 12.1 Å². The smallest absolute Gasteiger partial charge is 0.226 e. The predicted molar refractivity (Wildman–Crippen MR) is 55.1 cm³/mol. The lowest BCUT2D eigenvalue weighted by atomic mass is 10.1. The highest BCUT2D eigenvalue weighted by Gasteiger charge is 2.07. The summed E-state index contributed by atoms with van der Waals surface area (Å²) >= 11 is 0. The van der Waals surface area contributed by atoms with E-state index in [1.807, 2.05) is 13.0 Å². The minimum Gasteiger partial charge on any atom is -0.508 e. The lowest BCUT2D eigenvalue weighted by Gasteiger charge is -2.14. The molecule has 1 N–H and O–H groups in total. The number of likely N-dealkylation sites (N-methyl/N-ethyl adjacent to an activating group) is 1. The van der Waals surface area contributed by atoms with Crippen molar-refractivity contribution < 1.29 is 9.90 Å². The highest BCUT2D eigenvalue weighted by molar-refractivity contribution is 5.78. The molecule has 0 bridgehead atoms. The highest BCUT2D eigenvalue weighted by atomic mass is 16.3. The second kappa shape index (κ2) is 4.65. The van der Waals surface area contributed by atoms with E-state index in [-0.39, 0.29) is 11.7 Å². The molecular formula is C11H15NO2. The molecular weight excluding hydrogens is 178 g/mol. The van der Waals surface area contributed by atoms with Crippen LogP contribution in [0.1, 0.15) is 12.5 Å². The molecule has 0 heterocycles. The summed E-state index contributed by atoms with van der Waals surface area (Å²) in [6.45, 7) is 2.64. The van der Waals surface area contributed by atoms with Crippen LogP contribution in [0, 0.1) is 0 Å². The van der Waals surface area contributed by atoms with Gasteiger partial charge in [0.15, 0.2) is 0 Å². The Labute approximate surface area is 84.0 Å². The molecule has 0 aromatic heterocycles. The number of carbonyl (C=O) groups excluding carboxylic acids is 1. The molecule has 0 saturated heterocycles. The van der Waals surface area contributed by atoms with Crippen LogP contribution in [0.15, 0.2) is 24.3 Å². The fraction of sp³-hybridized carbons (Fsp3) is 0.364. The lowest BCUT2D eigenvalue weighted by molar-refractivity contribution is -0.128. The SMILES string of the molecule is CCN(C)C(=O)Cc1cccc(O)c1. The first kappa shape index (κ1) is 10.6. The Bertz CT molecular complexity index is 323. The van der Waals surface area contributed by atoms with Gasteiger partial charge in [-0.2, -0.15) is 0 Å². The average molecular weight is 193 g/mol. The molecule has 1 aromatic carbocycles. The summed E-state index contributed by atoms with van der Waals surface area (Å²) in [6, 6.07) is 6.78. The van der Waals surface area contributed by atoms with Gasteiger partial charge in [0, 0.05) is 13.6 Å². The van der Waals surface area contributed by atoms with Gasteiger partial charge in [-0.05, 0) is 24.6 Å². The van der Waals surface area contributed by atoms with Gasteiger partial charge in [0.2, 0.25) is 5.91 Å². The highest BCUT2D eigenvalue weighted by Crippen LogP contribution is 2.11. The maximum Gasteiger partial charge on any atom is 0.226 e. The van der Waals surface area contributed by atoms with Crippen molar-refractivity contribution >= 4 is 5.91 Å². The molecule has 0 atom stereocenters. The van der Waals surface area contributed by atoms with E-state index in [1.165, 1.54) is 0 Å². The van der Waals surface area contributed by atoms with Gasteiger partial charge in [0.05, 0.1) is 6.42 Å². The van der Waals surface area contributed by atoms with Crippen LogP contribution in [-0.2, 0) is 11.2 Å². The molecule has 0 aliphatic heterocycles. The number of hydrogen-bond acceptors (Lipinski definition) is 2. The van der Waals surface area contributed by atoms with Gasteiger partial charge in [-0.3, -0.25) is 4.79 Å². The van der Waals surface area contributed by atoms with E-state index in [9.17, 15) is 9.90 Å². The summed E-state index contributed by atoms with van der Waals surface area (Å²) in [4.78, 5) is 13.2. The van der Waals surface area contributed by atoms with Crippen molar-refractivity contribution in [2.45, 2.75) is 13.3 Å². The van der Waals surface area contributed by atoms with E-state index in [1.54, 1.807) is 30.1 Å². The molecule has 14 heavy (non-hydrogen) atoms. The third-order valence-corrected chi connectivity index (χ3v) is 2.17. The molecule has 1 rings (SSSR count). The Balaban J connectivity index is 2.65. The van der Waals surface area contributed by atoms with Crippen molar-refractivity contribution in [3.63, 3.8) is 0 Å². The van der Waals surface area contributed by atoms with Crippen LogP contribution in [0.3, 0.4) is 0 Å². The molecule has 0 radical (unpaired) electrons. The second-order valence-electron chi connectivity index (χ2n) is 3.25. The second-order valence-corrected chi connectivity index (χ2v) is 3.25. The number of phenols is 1. The zero-order valence-corrected chi connectivity index (χ0v) is 8.53. The fourth-order valence-electron chi connectivity index (χ4n) is 1.15. The van der Waals surface area contributed by atoms with E-state index >= 15 is 0 Å². The number of phenolic OH excluding ortho intramolecular Hbond substituents is 1. The van der Waals surface area contributed by atoms with E-state index in [0.29, 0.717) is 13.0 Å². The summed E-state index contributed by atoms with van der Waals surface area (Å²) < 4.78 is 0. The molecule has 0 saturated carbocycles. The van der Waals surface area contributed by atoms with Crippen LogP contribution in [0.25, 0.3) is 0 Å². The number of benzene rings is 1. The fourth-order valence-corrected chi connectivity index (χ4v) is 1.15. The normalized spacial score (nSPS) is 9.86. The third-order valence-electron chi connectivity index (χ3n) is 2.17. The standard InChI is InChI=1S/C11H15NO2/c1-3-12(2)11(14)8-9-5-4-6-10(13)7-9/h4-7,13H,3,8H2,1-2H3. The van der Waals surface area contributed by atoms with Gasteiger partial charge in [0.25, 0.3) is 0 Å². The first-order valence-corrected chi connectivity index (χ1v) is 4.65. The van der Waals surface area contributed by atoms with E-state index in [0.717, 1.165) is 5.56 Å². The summed E-state index contributed by atoms with van der Waals surface area (Å²) in [5, 5.41) is 9.20. The number of hydrogen-bond donors (Lipinski definition) is 1. The molecule has 0 aliphatic carbocycles. The van der Waals surface area contributed by atoms with Crippen LogP contribution in [0.2, 0.25) is 0 Å². The van der Waals surface area contributed by atoms with Gasteiger partial charge >= 0.3 is 0 Å². The van der Waals surface area contributed by atoms with E-state index in [2.05, 4.69) is 0 Å². The molecule has 1 amide bonds. The summed E-state index contributed by atoms with van der Waals surface area (Å²) in [5.41, 5.74) is 0.843. The van der Waals surface area contributed by atoms with Crippen molar-refractivity contribution in [2.75, 3.05) is 13.6 Å². The predicted octanol–water partition coefficient (Wildman–Crippen LogP) is 1.41. The summed E-state index contributed by atoms with van der Waals surface area (Å²) in [7, 11) is 1.77. The molecule has 3 nitrogen and oxygen atoms in total. The molecule has 76 valence electrons. The largest absolute Gasteiger partial charge is 0.508 e. The van der Waals surface area contributed by atoms with E-state index in [4.69, 9.17) is 0 Å². The number of rotatable bonds is 3. The maximum absolute atomic E-state index is 11.5. The number of amides is 1. The van der Waals surface area contributed by atoms with Crippen LogP contribution in [0.5, 0.6) is 5.75 Å². The van der Waals surface area contributed by atoms with Crippen molar-refractivity contribution in [3.8, 4) is 5.75 Å². The van der Waals surface area contributed by atoms with Crippen LogP contribution in [0.4, 0.5) is 0 Å². The number of nitrogens with zero attached hydrogens (tertiary/aromatic N) is 1. The Morgan fingerprint density at radius 1 is 1.50 bits per heavy atom. The van der Waals surface area contributed by atoms with Crippen LogP contribution >= 0.6 is 0 Å². The van der Waals surface area contributed by atoms with Gasteiger partial charge in [-0.25, -0.2) is 0 Å².